The molecule has 0 aliphatic carbocycles. The van der Waals surface area contributed by atoms with Crippen molar-refractivity contribution in [3.8, 4) is 11.5 Å². The summed E-state index contributed by atoms with van der Waals surface area (Å²) in [5.41, 5.74) is 5.13. The third-order valence-electron chi connectivity index (χ3n) is 6.67. The van der Waals surface area contributed by atoms with Crippen LogP contribution in [-0.2, 0) is 5.41 Å². The van der Waals surface area contributed by atoms with E-state index < -0.39 is 0 Å². The molecule has 0 unspecified atom stereocenters. The van der Waals surface area contributed by atoms with Gasteiger partial charge in [0, 0.05) is 50.0 Å². The van der Waals surface area contributed by atoms with Crippen LogP contribution in [0.5, 0.6) is 11.5 Å². The van der Waals surface area contributed by atoms with Crippen molar-refractivity contribution in [2.45, 2.75) is 12.3 Å². The summed E-state index contributed by atoms with van der Waals surface area (Å²) in [5.74, 6) is 1.87. The van der Waals surface area contributed by atoms with E-state index in [0.29, 0.717) is 6.61 Å². The third-order valence-corrected chi connectivity index (χ3v) is 6.67. The highest BCUT2D eigenvalue weighted by atomic mass is 16.5. The number of piperazine rings is 1. The number of para-hydroxylation sites is 1. The van der Waals surface area contributed by atoms with Crippen molar-refractivity contribution >= 4 is 5.69 Å². The highest BCUT2D eigenvalue weighted by Crippen LogP contribution is 2.52. The van der Waals surface area contributed by atoms with Crippen molar-refractivity contribution in [2.75, 3.05) is 65.1 Å². The minimum atomic E-state index is -0.0878. The van der Waals surface area contributed by atoms with Crippen LogP contribution in [0.1, 0.15) is 16.7 Å². The fraction of sp³-hybridized carbons (Fsp3) is 0.478. The van der Waals surface area contributed by atoms with E-state index >= 15 is 0 Å². The summed E-state index contributed by atoms with van der Waals surface area (Å²) < 4.78 is 11.7. The number of hydrogen-bond acceptors (Lipinski definition) is 5. The zero-order valence-electron chi connectivity index (χ0n) is 17.1. The lowest BCUT2D eigenvalue weighted by Gasteiger charge is -2.36. The van der Waals surface area contributed by atoms with Crippen LogP contribution < -0.4 is 14.4 Å². The molecular formula is C23H29N3O2. The van der Waals surface area contributed by atoms with Gasteiger partial charge in [-0.1, -0.05) is 18.2 Å². The molecule has 148 valence electrons. The molecule has 0 saturated carbocycles. The zero-order valence-corrected chi connectivity index (χ0v) is 17.1. The molecule has 2 aromatic rings. The maximum atomic E-state index is 6.22. The van der Waals surface area contributed by atoms with Gasteiger partial charge in [-0.2, -0.15) is 0 Å². The maximum Gasteiger partial charge on any atom is 0.127 e. The third kappa shape index (κ3) is 2.68. The standard InChI is InChI=1S/C23H29N3O2/c1-17-12-19-22(13-21(17)27-3)28-15-23(19)14-26(20-7-5-4-6-18(20)23)16-25-10-8-24(2)9-11-25/h4-7,12-13H,8-11,14-16H2,1-3H3/t23-/m1/s1. The summed E-state index contributed by atoms with van der Waals surface area (Å²) in [6, 6.07) is 13.2. The van der Waals surface area contributed by atoms with Crippen molar-refractivity contribution in [2.24, 2.45) is 0 Å². The minimum absolute atomic E-state index is 0.0878. The quantitative estimate of drug-likeness (QED) is 0.818. The summed E-state index contributed by atoms with van der Waals surface area (Å²) in [6.07, 6.45) is 0. The molecule has 3 heterocycles. The summed E-state index contributed by atoms with van der Waals surface area (Å²) in [4.78, 5) is 7.54. The van der Waals surface area contributed by atoms with E-state index in [9.17, 15) is 0 Å². The first kappa shape index (κ1) is 17.8. The smallest absolute Gasteiger partial charge is 0.127 e. The zero-order chi connectivity index (χ0) is 19.3. The van der Waals surface area contributed by atoms with E-state index in [4.69, 9.17) is 9.47 Å². The lowest BCUT2D eigenvalue weighted by atomic mass is 9.77. The first-order valence-electron chi connectivity index (χ1n) is 10.2. The summed E-state index contributed by atoms with van der Waals surface area (Å²) in [7, 11) is 3.93. The molecule has 0 aromatic heterocycles. The average molecular weight is 380 g/mol. The molecule has 1 atom stereocenters. The van der Waals surface area contributed by atoms with Gasteiger partial charge in [0.2, 0.25) is 0 Å². The van der Waals surface area contributed by atoms with E-state index in [-0.39, 0.29) is 5.41 Å². The molecule has 0 N–H and O–H groups in total. The van der Waals surface area contributed by atoms with Crippen LogP contribution in [0.15, 0.2) is 36.4 Å². The largest absolute Gasteiger partial charge is 0.496 e. The van der Waals surface area contributed by atoms with Crippen molar-refractivity contribution in [1.82, 2.24) is 9.80 Å². The molecule has 0 bridgehead atoms. The Hall–Kier alpha value is -2.24. The highest BCUT2D eigenvalue weighted by Gasteiger charge is 2.50. The second kappa shape index (κ2) is 6.68. The number of anilines is 1. The van der Waals surface area contributed by atoms with Crippen molar-refractivity contribution in [3.63, 3.8) is 0 Å². The fourth-order valence-corrected chi connectivity index (χ4v) is 5.02. The van der Waals surface area contributed by atoms with Gasteiger partial charge in [0.05, 0.1) is 19.2 Å². The molecule has 3 aliphatic rings. The van der Waals surface area contributed by atoms with Crippen LogP contribution in [0, 0.1) is 6.92 Å². The van der Waals surface area contributed by atoms with Crippen molar-refractivity contribution in [1.29, 1.82) is 0 Å². The van der Waals surface area contributed by atoms with Crippen LogP contribution >= 0.6 is 0 Å². The normalized spacial score (nSPS) is 24.3. The Balaban J connectivity index is 1.50. The predicted octanol–water partition coefficient (Wildman–Crippen LogP) is 2.71. The molecule has 5 nitrogen and oxygen atoms in total. The molecule has 0 radical (unpaired) electrons. The first-order valence-corrected chi connectivity index (χ1v) is 10.2. The van der Waals surface area contributed by atoms with E-state index in [1.54, 1.807) is 7.11 Å². The highest BCUT2D eigenvalue weighted by molar-refractivity contribution is 5.70. The minimum Gasteiger partial charge on any atom is -0.496 e. The summed E-state index contributed by atoms with van der Waals surface area (Å²) >= 11 is 0. The van der Waals surface area contributed by atoms with Gasteiger partial charge in [-0.15, -0.1) is 0 Å². The Morgan fingerprint density at radius 1 is 1.07 bits per heavy atom. The van der Waals surface area contributed by atoms with Crippen LogP contribution in [0.2, 0.25) is 0 Å². The Bertz CT molecular complexity index is 891. The topological polar surface area (TPSA) is 28.2 Å². The number of methoxy groups -OCH3 is 1. The number of likely N-dealkylation sites (N-methyl/N-ethyl adjacent to an activating group) is 1. The van der Waals surface area contributed by atoms with Crippen LogP contribution in [0.25, 0.3) is 0 Å². The Morgan fingerprint density at radius 3 is 2.64 bits per heavy atom. The van der Waals surface area contributed by atoms with E-state index in [2.05, 4.69) is 65.1 Å². The van der Waals surface area contributed by atoms with Crippen molar-refractivity contribution < 1.29 is 9.47 Å². The molecule has 2 aromatic carbocycles. The van der Waals surface area contributed by atoms with Gasteiger partial charge in [0.1, 0.15) is 18.1 Å². The molecule has 5 rings (SSSR count). The molecular weight excluding hydrogens is 350 g/mol. The number of ether oxygens (including phenoxy) is 2. The molecule has 5 heteroatoms. The molecule has 1 saturated heterocycles. The van der Waals surface area contributed by atoms with E-state index in [1.807, 2.05) is 0 Å². The molecule has 1 fully saturated rings. The number of nitrogens with zero attached hydrogens (tertiary/aromatic N) is 3. The number of benzene rings is 2. The summed E-state index contributed by atoms with van der Waals surface area (Å²) in [6.45, 7) is 9.32. The molecule has 0 amide bonds. The maximum absolute atomic E-state index is 6.22. The first-order chi connectivity index (χ1) is 13.6. The number of aryl methyl sites for hydroxylation is 1. The predicted molar refractivity (Wildman–Crippen MR) is 112 cm³/mol. The van der Waals surface area contributed by atoms with Crippen LogP contribution in [-0.4, -0.2) is 70.0 Å². The van der Waals surface area contributed by atoms with Gasteiger partial charge in [-0.25, -0.2) is 0 Å². The Labute approximate surface area is 167 Å². The van der Waals surface area contributed by atoms with Gasteiger partial charge in [0.25, 0.3) is 0 Å². The molecule has 28 heavy (non-hydrogen) atoms. The monoisotopic (exact) mass is 379 g/mol. The van der Waals surface area contributed by atoms with Gasteiger partial charge in [-0.3, -0.25) is 4.90 Å². The molecule has 3 aliphatic heterocycles. The Morgan fingerprint density at radius 2 is 1.86 bits per heavy atom. The van der Waals surface area contributed by atoms with Gasteiger partial charge in [0.15, 0.2) is 0 Å². The van der Waals surface area contributed by atoms with Gasteiger partial charge >= 0.3 is 0 Å². The average Bonchev–Trinajstić information content (AvgIpc) is 3.22. The van der Waals surface area contributed by atoms with Crippen LogP contribution in [0.3, 0.4) is 0 Å². The van der Waals surface area contributed by atoms with Gasteiger partial charge in [-0.05, 0) is 37.2 Å². The SMILES string of the molecule is COc1cc2c(cc1C)[C@@]1(CO2)CN(CN2CCN(C)CC2)c2ccccc21. The second-order valence-corrected chi connectivity index (χ2v) is 8.47. The van der Waals surface area contributed by atoms with Crippen LogP contribution in [0.4, 0.5) is 5.69 Å². The number of rotatable bonds is 3. The molecule has 1 spiro atoms. The second-order valence-electron chi connectivity index (χ2n) is 8.47. The van der Waals surface area contributed by atoms with E-state index in [1.165, 1.54) is 22.4 Å². The lowest BCUT2D eigenvalue weighted by Crippen LogP contribution is -2.49. The lowest BCUT2D eigenvalue weighted by molar-refractivity contribution is 0.153. The summed E-state index contributed by atoms with van der Waals surface area (Å²) in [5, 5.41) is 0. The van der Waals surface area contributed by atoms with E-state index in [0.717, 1.165) is 50.9 Å². The Kier molecular flexibility index (Phi) is 4.25. The van der Waals surface area contributed by atoms with Gasteiger partial charge < -0.3 is 19.3 Å². The van der Waals surface area contributed by atoms with Crippen molar-refractivity contribution in [3.05, 3.63) is 53.1 Å². The number of hydrogen-bond donors (Lipinski definition) is 0. The fourth-order valence-electron chi connectivity index (χ4n) is 5.02. The number of fused-ring (bicyclic) bond motifs is 4.